The molecule has 142 valence electrons. The van der Waals surface area contributed by atoms with Crippen molar-refractivity contribution in [2.24, 2.45) is 11.0 Å². The molecule has 8 heteroatoms. The van der Waals surface area contributed by atoms with Crippen LogP contribution in [0.1, 0.15) is 27.2 Å². The first-order valence-electron chi connectivity index (χ1n) is 8.55. The van der Waals surface area contributed by atoms with Crippen molar-refractivity contribution in [3.8, 4) is 0 Å². The summed E-state index contributed by atoms with van der Waals surface area (Å²) in [7, 11) is 1.65. The molecule has 0 amide bonds. The van der Waals surface area contributed by atoms with Crippen LogP contribution < -0.4 is 0 Å². The highest BCUT2D eigenvalue weighted by Gasteiger charge is 2.23. The van der Waals surface area contributed by atoms with Gasteiger partial charge in [0.2, 0.25) is 0 Å². The number of hydrogen-bond donors (Lipinski definition) is 0. The molecule has 0 aliphatic heterocycles. The van der Waals surface area contributed by atoms with Crippen LogP contribution in [0.5, 0.6) is 0 Å². The summed E-state index contributed by atoms with van der Waals surface area (Å²) >= 11 is 0. The van der Waals surface area contributed by atoms with E-state index in [4.69, 9.17) is 29.2 Å². The summed E-state index contributed by atoms with van der Waals surface area (Å²) in [6, 6.07) is 0. The molecule has 3 unspecified atom stereocenters. The van der Waals surface area contributed by atoms with Crippen LogP contribution in [0.2, 0.25) is 0 Å². The van der Waals surface area contributed by atoms with E-state index in [9.17, 15) is 0 Å². The van der Waals surface area contributed by atoms with Gasteiger partial charge in [0, 0.05) is 31.1 Å². The predicted octanol–water partition coefficient (Wildman–Crippen LogP) is 2.81. The van der Waals surface area contributed by atoms with Gasteiger partial charge in [0.05, 0.1) is 51.8 Å². The molecule has 0 aliphatic rings. The summed E-state index contributed by atoms with van der Waals surface area (Å²) in [6.45, 7) is 10.4. The molecular formula is C16H33N3O5. The molecule has 0 aliphatic carbocycles. The lowest BCUT2D eigenvalue weighted by Gasteiger charge is -2.29. The second-order valence-corrected chi connectivity index (χ2v) is 5.39. The minimum Gasteiger partial charge on any atom is -0.382 e. The highest BCUT2D eigenvalue weighted by Crippen LogP contribution is 2.18. The molecule has 3 atom stereocenters. The molecule has 0 fully saturated rings. The number of azide groups is 1. The number of nitrogens with zero attached hydrogens (tertiary/aromatic N) is 3. The van der Waals surface area contributed by atoms with Crippen molar-refractivity contribution in [1.29, 1.82) is 0 Å². The van der Waals surface area contributed by atoms with Crippen LogP contribution >= 0.6 is 0 Å². The average molecular weight is 347 g/mol. The fourth-order valence-electron chi connectivity index (χ4n) is 2.12. The molecule has 0 aromatic rings. The quantitative estimate of drug-likeness (QED) is 0.174. The van der Waals surface area contributed by atoms with Gasteiger partial charge < -0.3 is 23.7 Å². The van der Waals surface area contributed by atoms with Gasteiger partial charge in [0.1, 0.15) is 0 Å². The minimum atomic E-state index is -0.0523. The first-order valence-corrected chi connectivity index (χ1v) is 8.55. The normalized spacial score (nSPS) is 14.8. The molecule has 0 saturated heterocycles. The highest BCUT2D eigenvalue weighted by molar-refractivity contribution is 4.73. The van der Waals surface area contributed by atoms with Crippen LogP contribution in [0.4, 0.5) is 0 Å². The molecule has 0 bridgehead atoms. The smallest absolute Gasteiger partial charge is 0.0704 e. The lowest BCUT2D eigenvalue weighted by atomic mass is 9.96. The second-order valence-electron chi connectivity index (χ2n) is 5.39. The fraction of sp³-hybridized carbons (Fsp3) is 1.00. The fourth-order valence-corrected chi connectivity index (χ4v) is 2.12. The van der Waals surface area contributed by atoms with Gasteiger partial charge >= 0.3 is 0 Å². The Morgan fingerprint density at radius 3 is 2.29 bits per heavy atom. The highest BCUT2D eigenvalue weighted by atomic mass is 16.5. The van der Waals surface area contributed by atoms with E-state index in [1.54, 1.807) is 7.11 Å². The molecule has 0 aromatic carbocycles. The summed E-state index contributed by atoms with van der Waals surface area (Å²) in [5.41, 5.74) is 8.43. The van der Waals surface area contributed by atoms with Crippen molar-refractivity contribution in [2.75, 3.05) is 59.9 Å². The molecule has 0 N–H and O–H groups in total. The summed E-state index contributed by atoms with van der Waals surface area (Å²) < 4.78 is 27.3. The zero-order valence-corrected chi connectivity index (χ0v) is 15.5. The molecule has 0 spiro atoms. The second kappa shape index (κ2) is 17.0. The van der Waals surface area contributed by atoms with Gasteiger partial charge in [0.25, 0.3) is 0 Å². The lowest BCUT2D eigenvalue weighted by Crippen LogP contribution is -2.34. The Bertz CT molecular complexity index is 327. The van der Waals surface area contributed by atoms with Crippen LogP contribution in [0.15, 0.2) is 5.11 Å². The van der Waals surface area contributed by atoms with E-state index in [1.165, 1.54) is 0 Å². The number of methoxy groups -OCH3 is 1. The number of rotatable bonds is 17. The van der Waals surface area contributed by atoms with Crippen molar-refractivity contribution >= 4 is 0 Å². The summed E-state index contributed by atoms with van der Waals surface area (Å²) in [4.78, 5) is 2.79. The van der Waals surface area contributed by atoms with Crippen LogP contribution in [0.25, 0.3) is 10.4 Å². The van der Waals surface area contributed by atoms with Crippen LogP contribution in [0.3, 0.4) is 0 Å². The van der Waals surface area contributed by atoms with Crippen LogP contribution in [0, 0.1) is 5.92 Å². The van der Waals surface area contributed by atoms with E-state index in [0.29, 0.717) is 59.2 Å². The Labute approximate surface area is 145 Å². The zero-order valence-electron chi connectivity index (χ0n) is 15.5. The maximum Gasteiger partial charge on any atom is 0.0704 e. The largest absolute Gasteiger partial charge is 0.382 e. The molecule has 0 aromatic heterocycles. The van der Waals surface area contributed by atoms with Gasteiger partial charge in [-0.3, -0.25) is 0 Å². The van der Waals surface area contributed by atoms with E-state index < -0.39 is 0 Å². The third kappa shape index (κ3) is 12.5. The summed E-state index contributed by atoms with van der Waals surface area (Å²) in [5, 5.41) is 3.60. The third-order valence-corrected chi connectivity index (χ3v) is 3.71. The Morgan fingerprint density at radius 1 is 0.958 bits per heavy atom. The molecule has 0 heterocycles. The Balaban J connectivity index is 4.16. The first-order chi connectivity index (χ1) is 11.7. The van der Waals surface area contributed by atoms with Crippen molar-refractivity contribution in [3.05, 3.63) is 10.4 Å². The van der Waals surface area contributed by atoms with Gasteiger partial charge in [-0.15, -0.1) is 0 Å². The predicted molar refractivity (Wildman–Crippen MR) is 92.1 cm³/mol. The Morgan fingerprint density at radius 2 is 1.62 bits per heavy atom. The van der Waals surface area contributed by atoms with E-state index in [1.807, 2.05) is 13.8 Å². The first kappa shape index (κ1) is 23.1. The van der Waals surface area contributed by atoms with E-state index in [0.717, 1.165) is 0 Å². The standard InChI is InChI=1S/C16H33N3O5/c1-5-21-9-10-22-11-13-24-16(6-7-18-19-17)14(2)15(3)23-12-8-20-4/h14-16H,5-13H2,1-4H3. The van der Waals surface area contributed by atoms with Gasteiger partial charge in [-0.25, -0.2) is 0 Å². The molecule has 0 radical (unpaired) electrons. The summed E-state index contributed by atoms with van der Waals surface area (Å²) in [5.74, 6) is 0.166. The zero-order chi connectivity index (χ0) is 18.0. The number of hydrogen-bond acceptors (Lipinski definition) is 6. The van der Waals surface area contributed by atoms with Crippen LogP contribution in [-0.4, -0.2) is 72.1 Å². The molecule has 0 saturated carbocycles. The monoisotopic (exact) mass is 347 g/mol. The van der Waals surface area contributed by atoms with Gasteiger partial charge in [0.15, 0.2) is 0 Å². The van der Waals surface area contributed by atoms with Crippen molar-refractivity contribution in [3.63, 3.8) is 0 Å². The topological polar surface area (TPSA) is 94.9 Å². The van der Waals surface area contributed by atoms with Gasteiger partial charge in [-0.2, -0.15) is 0 Å². The van der Waals surface area contributed by atoms with E-state index >= 15 is 0 Å². The average Bonchev–Trinajstić information content (AvgIpc) is 2.59. The molecular weight excluding hydrogens is 314 g/mol. The number of ether oxygens (including phenoxy) is 5. The lowest BCUT2D eigenvalue weighted by molar-refractivity contribution is -0.0747. The van der Waals surface area contributed by atoms with Crippen molar-refractivity contribution < 1.29 is 23.7 Å². The van der Waals surface area contributed by atoms with Crippen molar-refractivity contribution in [2.45, 2.75) is 39.4 Å². The molecule has 0 rings (SSSR count). The van der Waals surface area contributed by atoms with Gasteiger partial charge in [-0.1, -0.05) is 12.0 Å². The molecule has 24 heavy (non-hydrogen) atoms. The SMILES string of the molecule is CCOCCOCCOC(CCN=[N+]=[N-])C(C)C(C)OCCOC. The minimum absolute atomic E-state index is 0.0232. The Hall–Kier alpha value is -0.890. The molecule has 8 nitrogen and oxygen atoms in total. The third-order valence-electron chi connectivity index (χ3n) is 3.71. The van der Waals surface area contributed by atoms with Gasteiger partial charge in [-0.05, 0) is 25.8 Å². The van der Waals surface area contributed by atoms with E-state index in [-0.39, 0.29) is 18.1 Å². The van der Waals surface area contributed by atoms with Crippen LogP contribution in [-0.2, 0) is 23.7 Å². The Kier molecular flexibility index (Phi) is 16.3. The maximum absolute atomic E-state index is 8.43. The van der Waals surface area contributed by atoms with Crippen molar-refractivity contribution in [1.82, 2.24) is 0 Å². The maximum atomic E-state index is 8.43. The summed E-state index contributed by atoms with van der Waals surface area (Å²) in [6.07, 6.45) is 0.626. The van der Waals surface area contributed by atoms with E-state index in [2.05, 4.69) is 16.9 Å².